The predicted molar refractivity (Wildman–Crippen MR) is 213 cm³/mol. The molecule has 1 aliphatic rings. The molecule has 8 aromatic carbocycles. The van der Waals surface area contributed by atoms with Crippen LogP contribution in [0.2, 0.25) is 0 Å². The minimum atomic E-state index is -0.286. The number of furan rings is 1. The summed E-state index contributed by atoms with van der Waals surface area (Å²) in [5, 5.41) is 7.53. The number of hydrogen-bond donors (Lipinski definition) is 0. The normalized spacial score (nSPS) is 12.9. The van der Waals surface area contributed by atoms with Crippen LogP contribution in [0, 0.1) is 0 Å². The number of benzene rings is 8. The summed E-state index contributed by atoms with van der Waals surface area (Å²) in [4.78, 5) is 13.2. The summed E-state index contributed by atoms with van der Waals surface area (Å²) < 4.78 is 15.8. The van der Waals surface area contributed by atoms with Gasteiger partial charge in [-0.2, -0.15) is 0 Å². The highest BCUT2D eigenvalue weighted by molar-refractivity contribution is 6.91. The molecule has 0 spiro atoms. The van der Waals surface area contributed by atoms with Crippen LogP contribution in [0.25, 0.3) is 76.8 Å². The molecule has 0 atom stereocenters. The Morgan fingerprint density at radius 1 is 0.549 bits per heavy atom. The largest absolute Gasteiger partial charge is 0.455 e. The lowest BCUT2D eigenvalue weighted by molar-refractivity contribution is 0.672. The first-order valence-electron chi connectivity index (χ1n) is 17.8. The summed E-state index contributed by atoms with van der Waals surface area (Å²) in [6, 6.07) is 57.1. The van der Waals surface area contributed by atoms with Gasteiger partial charge in [0.05, 0.1) is 23.7 Å². The van der Waals surface area contributed by atoms with Crippen molar-refractivity contribution in [1.29, 1.82) is 0 Å². The van der Waals surface area contributed by atoms with Crippen LogP contribution in [0.15, 0.2) is 174 Å². The molecule has 0 unspecified atom stereocenters. The van der Waals surface area contributed by atoms with Crippen molar-refractivity contribution in [2.75, 3.05) is 4.81 Å². The molecule has 5 heteroatoms. The molecular weight excluding hydrogens is 621 g/mol. The second-order valence-electron chi connectivity index (χ2n) is 13.2. The third-order valence-electron chi connectivity index (χ3n) is 10.4. The lowest BCUT2D eigenvalue weighted by atomic mass is 9.45. The summed E-state index contributed by atoms with van der Waals surface area (Å²) in [5.41, 5.74) is 9.64. The average Bonchev–Trinajstić information content (AvgIpc) is 3.60. The van der Waals surface area contributed by atoms with E-state index in [-0.39, 0.29) is 6.85 Å². The van der Waals surface area contributed by atoms with E-state index in [1.807, 2.05) is 48.5 Å². The molecule has 0 amide bonds. The topological polar surface area (TPSA) is 42.2 Å². The van der Waals surface area contributed by atoms with Crippen LogP contribution >= 0.6 is 0 Å². The van der Waals surface area contributed by atoms with Crippen LogP contribution in [0.1, 0.15) is 1.37 Å². The van der Waals surface area contributed by atoms with Crippen molar-refractivity contribution in [3.63, 3.8) is 0 Å². The fraction of sp³-hybridized carbons (Fsp3) is 0. The Labute approximate surface area is 295 Å². The first-order chi connectivity index (χ1) is 25.7. The van der Waals surface area contributed by atoms with Gasteiger partial charge in [-0.15, -0.1) is 0 Å². The van der Waals surface area contributed by atoms with Gasteiger partial charge in [0.25, 0.3) is 0 Å². The first kappa shape index (κ1) is 27.1. The zero-order chi connectivity index (χ0) is 34.3. The van der Waals surface area contributed by atoms with Crippen LogP contribution in [0.5, 0.6) is 0 Å². The fourth-order valence-corrected chi connectivity index (χ4v) is 8.28. The smallest absolute Gasteiger partial charge is 0.332 e. The molecule has 2 aromatic heterocycles. The fourth-order valence-electron chi connectivity index (χ4n) is 8.28. The maximum atomic E-state index is 8.94. The molecule has 1 aliphatic heterocycles. The first-order valence-corrected chi connectivity index (χ1v) is 17.3. The number of aromatic nitrogens is 2. The van der Waals surface area contributed by atoms with Crippen LogP contribution in [-0.4, -0.2) is 16.8 Å². The maximum Gasteiger partial charge on any atom is 0.332 e. The molecule has 0 bridgehead atoms. The molecule has 11 rings (SSSR count). The summed E-state index contributed by atoms with van der Waals surface area (Å²) in [6.45, 7) is -0.286. The average molecular weight is 651 g/mol. The van der Waals surface area contributed by atoms with Crippen LogP contribution in [0.3, 0.4) is 0 Å². The van der Waals surface area contributed by atoms with Gasteiger partial charge in [-0.05, 0) is 39.3 Å². The minimum Gasteiger partial charge on any atom is -0.455 e. The molecule has 10 aromatic rings. The number of fused-ring (bicyclic) bond motifs is 13. The van der Waals surface area contributed by atoms with Crippen LogP contribution in [0.4, 0.5) is 11.6 Å². The Morgan fingerprint density at radius 3 is 2.10 bits per heavy atom. The molecule has 0 aliphatic carbocycles. The van der Waals surface area contributed by atoms with E-state index < -0.39 is 0 Å². The predicted octanol–water partition coefficient (Wildman–Crippen LogP) is 10.4. The molecule has 3 heterocycles. The van der Waals surface area contributed by atoms with Crippen LogP contribution in [-0.2, 0) is 0 Å². The minimum absolute atomic E-state index is 0.286. The third kappa shape index (κ3) is 4.09. The van der Waals surface area contributed by atoms with E-state index in [0.29, 0.717) is 12.0 Å². The van der Waals surface area contributed by atoms with Gasteiger partial charge in [-0.1, -0.05) is 163 Å². The number of para-hydroxylation sites is 2. The van der Waals surface area contributed by atoms with E-state index in [1.54, 1.807) is 0 Å². The SMILES string of the molecule is [2H]c1ccccc1-c1nc(N2B(c3ccccc3)c3ccc4ccccc4c3-c3c2c2c4ccccc4oc2c2ccccc32)nc2ccccc12. The third-order valence-corrected chi connectivity index (χ3v) is 10.4. The Kier molecular flexibility index (Phi) is 5.80. The van der Waals surface area contributed by atoms with Gasteiger partial charge in [0.15, 0.2) is 0 Å². The highest BCUT2D eigenvalue weighted by atomic mass is 16.3. The molecular formula is C46H28BN3O. The molecule has 51 heavy (non-hydrogen) atoms. The van der Waals surface area contributed by atoms with Crippen LogP contribution < -0.4 is 15.7 Å². The van der Waals surface area contributed by atoms with Gasteiger partial charge in [0, 0.05) is 27.3 Å². The van der Waals surface area contributed by atoms with Crippen molar-refractivity contribution in [1.82, 2.24) is 9.97 Å². The van der Waals surface area contributed by atoms with Gasteiger partial charge in [0.1, 0.15) is 11.2 Å². The zero-order valence-corrected chi connectivity index (χ0v) is 27.4. The number of nitrogens with zero attached hydrogens (tertiary/aromatic N) is 3. The molecule has 0 radical (unpaired) electrons. The summed E-state index contributed by atoms with van der Waals surface area (Å²) in [5.74, 6) is 0.563. The van der Waals surface area contributed by atoms with E-state index in [1.165, 1.54) is 21.8 Å². The van der Waals surface area contributed by atoms with E-state index in [0.717, 1.165) is 71.6 Å². The monoisotopic (exact) mass is 650 g/mol. The van der Waals surface area contributed by atoms with E-state index in [9.17, 15) is 0 Å². The van der Waals surface area contributed by atoms with Gasteiger partial charge in [-0.25, -0.2) is 9.97 Å². The molecule has 4 nitrogen and oxygen atoms in total. The molecule has 236 valence electrons. The Morgan fingerprint density at radius 2 is 1.24 bits per heavy atom. The van der Waals surface area contributed by atoms with Gasteiger partial charge < -0.3 is 9.23 Å². The molecule has 0 fully saturated rings. The quantitative estimate of drug-likeness (QED) is 0.179. The summed E-state index contributed by atoms with van der Waals surface area (Å²) in [6.07, 6.45) is 0. The lowest BCUT2D eigenvalue weighted by Crippen LogP contribution is -2.58. The highest BCUT2D eigenvalue weighted by Gasteiger charge is 2.42. The summed E-state index contributed by atoms with van der Waals surface area (Å²) >= 11 is 0. The highest BCUT2D eigenvalue weighted by Crippen LogP contribution is 2.52. The molecule has 0 N–H and O–H groups in total. The Hall–Kier alpha value is -6.72. The van der Waals surface area contributed by atoms with E-state index in [4.69, 9.17) is 15.8 Å². The maximum absolute atomic E-state index is 8.94. The zero-order valence-electron chi connectivity index (χ0n) is 28.4. The van der Waals surface area contributed by atoms with Crippen molar-refractivity contribution in [2.45, 2.75) is 0 Å². The number of anilines is 2. The Bertz CT molecular complexity index is 3070. The van der Waals surface area contributed by atoms with Crippen molar-refractivity contribution in [2.24, 2.45) is 0 Å². The Balaban J connectivity index is 1.38. The van der Waals surface area contributed by atoms with Crippen molar-refractivity contribution in [3.8, 4) is 22.4 Å². The number of hydrogen-bond acceptors (Lipinski definition) is 4. The molecule has 0 saturated carbocycles. The second-order valence-corrected chi connectivity index (χ2v) is 13.2. The molecule has 0 saturated heterocycles. The van der Waals surface area contributed by atoms with E-state index >= 15 is 0 Å². The second kappa shape index (κ2) is 10.9. The lowest BCUT2D eigenvalue weighted by Gasteiger charge is -2.39. The van der Waals surface area contributed by atoms with Gasteiger partial charge >= 0.3 is 6.85 Å². The van der Waals surface area contributed by atoms with Crippen molar-refractivity contribution in [3.05, 3.63) is 170 Å². The van der Waals surface area contributed by atoms with E-state index in [2.05, 4.69) is 120 Å². The van der Waals surface area contributed by atoms with Gasteiger partial charge in [-0.3, -0.25) is 0 Å². The summed E-state index contributed by atoms with van der Waals surface area (Å²) in [7, 11) is 0. The van der Waals surface area contributed by atoms with Crippen molar-refractivity contribution >= 4 is 83.8 Å². The van der Waals surface area contributed by atoms with Crippen molar-refractivity contribution < 1.29 is 5.79 Å². The standard InChI is InChI=1S/C46H28BN3O/c1-3-16-30(17-4-1)43-35-23-11-13-25-38(35)48-46(49-43)50-44-41(33-21-9-10-22-34(33)45-42(44)36-24-12-14-26-39(36)51-45)40-32-20-8-7-15-29(32)27-28-37(40)47(50)31-18-5-2-6-19-31/h1-28H/i16D. The number of rotatable bonds is 3. The van der Waals surface area contributed by atoms with Gasteiger partial charge in [0.2, 0.25) is 5.95 Å².